The number of carbonyl (C=O) groups is 1. The Bertz CT molecular complexity index is 587. The molecule has 0 spiro atoms. The molecule has 0 saturated heterocycles. The van der Waals surface area contributed by atoms with Gasteiger partial charge in [0, 0.05) is 0 Å². The Labute approximate surface area is 119 Å². The molecule has 104 valence electrons. The third-order valence-corrected chi connectivity index (χ3v) is 3.36. The average molecular weight is 270 g/mol. The Balaban J connectivity index is 2.31. The molecule has 0 aliphatic heterocycles. The maximum absolute atomic E-state index is 11.6. The summed E-state index contributed by atoms with van der Waals surface area (Å²) in [5.74, 6) is 0.336. The van der Waals surface area contributed by atoms with E-state index in [0.29, 0.717) is 0 Å². The van der Waals surface area contributed by atoms with Crippen LogP contribution in [0, 0.1) is 0 Å². The lowest BCUT2D eigenvalue weighted by molar-refractivity contribution is -0.141. The zero-order valence-corrected chi connectivity index (χ0v) is 11.9. The third kappa shape index (κ3) is 2.99. The summed E-state index contributed by atoms with van der Waals surface area (Å²) in [5.41, 5.74) is 3.11. The van der Waals surface area contributed by atoms with Crippen LogP contribution in [0.25, 0.3) is 11.1 Å². The van der Waals surface area contributed by atoms with Crippen LogP contribution in [-0.4, -0.2) is 20.2 Å². The fraction of sp³-hybridized carbons (Fsp3) is 0.235. The molecule has 3 nitrogen and oxygen atoms in total. The van der Waals surface area contributed by atoms with Gasteiger partial charge in [0.2, 0.25) is 0 Å². The minimum Gasteiger partial charge on any atom is -0.497 e. The molecule has 0 aliphatic rings. The van der Waals surface area contributed by atoms with E-state index < -0.39 is 0 Å². The van der Waals surface area contributed by atoms with Crippen LogP contribution in [0.1, 0.15) is 18.4 Å². The van der Waals surface area contributed by atoms with E-state index in [0.717, 1.165) is 22.4 Å². The second kappa shape index (κ2) is 6.24. The zero-order chi connectivity index (χ0) is 14.5. The molecule has 3 heteroatoms. The smallest absolute Gasteiger partial charge is 0.312 e. The lowest BCUT2D eigenvalue weighted by Gasteiger charge is -2.11. The van der Waals surface area contributed by atoms with E-state index in [1.807, 2.05) is 55.5 Å². The van der Waals surface area contributed by atoms with Crippen molar-refractivity contribution in [1.29, 1.82) is 0 Å². The molecule has 0 bridgehead atoms. The topological polar surface area (TPSA) is 35.5 Å². The highest BCUT2D eigenvalue weighted by Gasteiger charge is 2.15. The molecule has 1 atom stereocenters. The van der Waals surface area contributed by atoms with Crippen LogP contribution in [0.3, 0.4) is 0 Å². The van der Waals surface area contributed by atoms with Crippen molar-refractivity contribution in [3.05, 3.63) is 54.1 Å². The number of esters is 1. The Hall–Kier alpha value is -2.29. The number of ether oxygens (including phenoxy) is 2. The van der Waals surface area contributed by atoms with Gasteiger partial charge in [0.05, 0.1) is 20.1 Å². The van der Waals surface area contributed by atoms with Crippen molar-refractivity contribution in [3.8, 4) is 16.9 Å². The van der Waals surface area contributed by atoms with Crippen molar-refractivity contribution in [2.45, 2.75) is 12.8 Å². The van der Waals surface area contributed by atoms with Crippen LogP contribution in [0.5, 0.6) is 5.75 Å². The van der Waals surface area contributed by atoms with Gasteiger partial charge in [-0.2, -0.15) is 0 Å². The number of carbonyl (C=O) groups excluding carboxylic acids is 1. The van der Waals surface area contributed by atoms with Crippen LogP contribution in [0.2, 0.25) is 0 Å². The first-order valence-corrected chi connectivity index (χ1v) is 6.48. The van der Waals surface area contributed by atoms with Gasteiger partial charge >= 0.3 is 5.97 Å². The van der Waals surface area contributed by atoms with Crippen molar-refractivity contribution < 1.29 is 14.3 Å². The van der Waals surface area contributed by atoms with Gasteiger partial charge < -0.3 is 9.47 Å². The van der Waals surface area contributed by atoms with E-state index in [2.05, 4.69) is 0 Å². The van der Waals surface area contributed by atoms with Crippen LogP contribution in [0.4, 0.5) is 0 Å². The fourth-order valence-corrected chi connectivity index (χ4v) is 2.08. The predicted octanol–water partition coefficient (Wildman–Crippen LogP) is 3.64. The van der Waals surface area contributed by atoms with Gasteiger partial charge in [-0.3, -0.25) is 4.79 Å². The van der Waals surface area contributed by atoms with Gasteiger partial charge in [-0.25, -0.2) is 0 Å². The Kier molecular flexibility index (Phi) is 4.41. The maximum atomic E-state index is 11.6. The third-order valence-electron chi connectivity index (χ3n) is 3.36. The van der Waals surface area contributed by atoms with Gasteiger partial charge in [0.1, 0.15) is 5.75 Å². The highest BCUT2D eigenvalue weighted by Crippen LogP contribution is 2.26. The zero-order valence-electron chi connectivity index (χ0n) is 11.9. The first kappa shape index (κ1) is 14.1. The van der Waals surface area contributed by atoms with Gasteiger partial charge in [-0.1, -0.05) is 36.4 Å². The summed E-state index contributed by atoms with van der Waals surface area (Å²) in [4.78, 5) is 11.6. The molecular weight excluding hydrogens is 252 g/mol. The quantitative estimate of drug-likeness (QED) is 0.796. The van der Waals surface area contributed by atoms with Crippen LogP contribution in [-0.2, 0) is 9.53 Å². The molecule has 0 fully saturated rings. The summed E-state index contributed by atoms with van der Waals surface area (Å²) >= 11 is 0. The highest BCUT2D eigenvalue weighted by atomic mass is 16.5. The molecule has 0 saturated carbocycles. The lowest BCUT2D eigenvalue weighted by Crippen LogP contribution is -2.10. The summed E-state index contributed by atoms with van der Waals surface area (Å²) in [6, 6.07) is 15.8. The van der Waals surface area contributed by atoms with E-state index >= 15 is 0 Å². The van der Waals surface area contributed by atoms with Crippen molar-refractivity contribution >= 4 is 5.97 Å². The van der Waals surface area contributed by atoms with Gasteiger partial charge in [0.15, 0.2) is 0 Å². The number of hydrogen-bond acceptors (Lipinski definition) is 3. The normalized spacial score (nSPS) is 11.8. The summed E-state index contributed by atoms with van der Waals surface area (Å²) in [7, 11) is 3.06. The second-order valence-corrected chi connectivity index (χ2v) is 4.60. The van der Waals surface area contributed by atoms with E-state index in [9.17, 15) is 4.79 Å². The van der Waals surface area contributed by atoms with E-state index in [4.69, 9.17) is 9.47 Å². The highest BCUT2D eigenvalue weighted by molar-refractivity contribution is 5.78. The summed E-state index contributed by atoms with van der Waals surface area (Å²) < 4.78 is 9.94. The summed E-state index contributed by atoms with van der Waals surface area (Å²) in [6.45, 7) is 1.85. The van der Waals surface area contributed by atoms with Gasteiger partial charge in [-0.15, -0.1) is 0 Å². The maximum Gasteiger partial charge on any atom is 0.312 e. The monoisotopic (exact) mass is 270 g/mol. The molecule has 2 aromatic rings. The molecule has 0 unspecified atom stereocenters. The molecule has 0 amide bonds. The average Bonchev–Trinajstić information content (AvgIpc) is 2.53. The Morgan fingerprint density at radius 3 is 2.30 bits per heavy atom. The first-order chi connectivity index (χ1) is 9.65. The van der Waals surface area contributed by atoms with E-state index in [-0.39, 0.29) is 11.9 Å². The molecule has 2 aromatic carbocycles. The van der Waals surface area contributed by atoms with Crippen LogP contribution in [0.15, 0.2) is 48.5 Å². The number of methoxy groups -OCH3 is 2. The summed E-state index contributed by atoms with van der Waals surface area (Å²) in [5, 5.41) is 0. The molecule has 0 heterocycles. The minimum atomic E-state index is -0.266. The molecule has 0 radical (unpaired) electrons. The van der Waals surface area contributed by atoms with Gasteiger partial charge in [0.25, 0.3) is 0 Å². The molecule has 0 N–H and O–H groups in total. The number of benzene rings is 2. The summed E-state index contributed by atoms with van der Waals surface area (Å²) in [6.07, 6.45) is 0. The largest absolute Gasteiger partial charge is 0.497 e. The first-order valence-electron chi connectivity index (χ1n) is 6.48. The molecular formula is C17H18O3. The van der Waals surface area contributed by atoms with Crippen LogP contribution < -0.4 is 4.74 Å². The molecule has 0 aliphatic carbocycles. The second-order valence-electron chi connectivity index (χ2n) is 4.60. The molecule has 0 aromatic heterocycles. The minimum absolute atomic E-state index is 0.225. The predicted molar refractivity (Wildman–Crippen MR) is 78.9 cm³/mol. The number of rotatable bonds is 4. The van der Waals surface area contributed by atoms with Crippen LogP contribution >= 0.6 is 0 Å². The fourth-order valence-electron chi connectivity index (χ4n) is 2.08. The van der Waals surface area contributed by atoms with Crippen molar-refractivity contribution in [1.82, 2.24) is 0 Å². The van der Waals surface area contributed by atoms with E-state index in [1.165, 1.54) is 7.11 Å². The molecule has 2 rings (SSSR count). The Morgan fingerprint density at radius 2 is 1.70 bits per heavy atom. The SMILES string of the molecule is COC(=O)[C@H](C)c1cccc(-c2ccc(OC)cc2)c1. The van der Waals surface area contributed by atoms with Gasteiger partial charge in [-0.05, 0) is 35.7 Å². The van der Waals surface area contributed by atoms with E-state index in [1.54, 1.807) is 7.11 Å². The number of hydrogen-bond donors (Lipinski definition) is 0. The van der Waals surface area contributed by atoms with Crippen molar-refractivity contribution in [2.24, 2.45) is 0 Å². The lowest BCUT2D eigenvalue weighted by atomic mass is 9.96. The molecule has 20 heavy (non-hydrogen) atoms. The Morgan fingerprint density at radius 1 is 1.00 bits per heavy atom. The van der Waals surface area contributed by atoms with Crippen molar-refractivity contribution in [2.75, 3.05) is 14.2 Å². The standard InChI is InChI=1S/C17H18O3/c1-12(17(18)20-3)14-5-4-6-15(11-14)13-7-9-16(19-2)10-8-13/h4-12H,1-3H3/t12-/m1/s1. The van der Waals surface area contributed by atoms with Crippen molar-refractivity contribution in [3.63, 3.8) is 0 Å².